The Balaban J connectivity index is 2.63. The maximum absolute atomic E-state index is 5.90. The Morgan fingerprint density at radius 2 is 2.21 bits per heavy atom. The largest absolute Gasteiger partial charge is 0.491 e. The van der Waals surface area contributed by atoms with Gasteiger partial charge in [-0.2, -0.15) is 0 Å². The topological polar surface area (TPSA) is 35.2 Å². The molecule has 0 saturated heterocycles. The van der Waals surface area contributed by atoms with Crippen LogP contribution in [0.1, 0.15) is 18.9 Å². The van der Waals surface area contributed by atoms with E-state index >= 15 is 0 Å². The van der Waals surface area contributed by atoms with E-state index in [4.69, 9.17) is 22.1 Å². The quantitative estimate of drug-likeness (QED) is 0.835. The van der Waals surface area contributed by atoms with Gasteiger partial charge in [-0.1, -0.05) is 11.6 Å². The molecule has 1 atom stereocenters. The number of ether oxygens (including phenoxy) is 1. The van der Waals surface area contributed by atoms with E-state index in [1.54, 1.807) is 0 Å². The highest BCUT2D eigenvalue weighted by Crippen LogP contribution is 2.22. The summed E-state index contributed by atoms with van der Waals surface area (Å²) in [7, 11) is 0. The Hall–Kier alpha value is -0.730. The second-order valence-electron chi connectivity index (χ2n) is 3.42. The lowest BCUT2D eigenvalue weighted by atomic mass is 10.2. The molecule has 0 aliphatic carbocycles. The zero-order chi connectivity index (χ0) is 10.6. The van der Waals surface area contributed by atoms with Crippen molar-refractivity contribution in [1.82, 2.24) is 0 Å². The highest BCUT2D eigenvalue weighted by atomic mass is 35.5. The average molecular weight is 214 g/mol. The molecule has 1 aromatic carbocycles. The predicted molar refractivity (Wildman–Crippen MR) is 60.0 cm³/mol. The average Bonchev–Trinajstić information content (AvgIpc) is 2.12. The van der Waals surface area contributed by atoms with Crippen molar-refractivity contribution in [2.45, 2.75) is 26.4 Å². The third-order valence-corrected chi connectivity index (χ3v) is 2.46. The molecule has 0 saturated carbocycles. The van der Waals surface area contributed by atoms with Crippen LogP contribution in [0, 0.1) is 6.92 Å². The van der Waals surface area contributed by atoms with Gasteiger partial charge in [-0.05, 0) is 50.6 Å². The zero-order valence-corrected chi connectivity index (χ0v) is 9.34. The van der Waals surface area contributed by atoms with Gasteiger partial charge in [-0.3, -0.25) is 0 Å². The summed E-state index contributed by atoms with van der Waals surface area (Å²) in [5.74, 6) is 0.854. The van der Waals surface area contributed by atoms with E-state index < -0.39 is 0 Å². The highest BCUT2D eigenvalue weighted by Gasteiger charge is 2.03. The molecule has 78 valence electrons. The van der Waals surface area contributed by atoms with Gasteiger partial charge in [0.2, 0.25) is 0 Å². The first-order valence-electron chi connectivity index (χ1n) is 4.76. The van der Waals surface area contributed by atoms with Crippen molar-refractivity contribution in [3.05, 3.63) is 28.8 Å². The van der Waals surface area contributed by atoms with E-state index in [9.17, 15) is 0 Å². The smallest absolute Gasteiger partial charge is 0.120 e. The Labute approximate surface area is 90.0 Å². The Morgan fingerprint density at radius 1 is 1.50 bits per heavy atom. The SMILES string of the molecule is Cc1cc(OC(C)CCN)ccc1Cl. The van der Waals surface area contributed by atoms with Crippen LogP contribution < -0.4 is 10.5 Å². The fourth-order valence-corrected chi connectivity index (χ4v) is 1.33. The summed E-state index contributed by atoms with van der Waals surface area (Å²) < 4.78 is 5.65. The first kappa shape index (κ1) is 11.3. The molecule has 0 bridgehead atoms. The summed E-state index contributed by atoms with van der Waals surface area (Å²) in [6.07, 6.45) is 1.02. The van der Waals surface area contributed by atoms with Gasteiger partial charge in [-0.15, -0.1) is 0 Å². The van der Waals surface area contributed by atoms with Gasteiger partial charge in [-0.25, -0.2) is 0 Å². The van der Waals surface area contributed by atoms with Gasteiger partial charge in [0.15, 0.2) is 0 Å². The Morgan fingerprint density at radius 3 is 2.79 bits per heavy atom. The minimum atomic E-state index is 0.153. The lowest BCUT2D eigenvalue weighted by Crippen LogP contribution is -2.16. The lowest BCUT2D eigenvalue weighted by Gasteiger charge is -2.14. The molecule has 1 aromatic rings. The molecule has 1 rings (SSSR count). The van der Waals surface area contributed by atoms with Crippen LogP contribution in [-0.2, 0) is 0 Å². The monoisotopic (exact) mass is 213 g/mol. The van der Waals surface area contributed by atoms with E-state index in [1.807, 2.05) is 32.0 Å². The molecule has 2 nitrogen and oxygen atoms in total. The van der Waals surface area contributed by atoms with Crippen LogP contribution in [-0.4, -0.2) is 12.6 Å². The first-order valence-corrected chi connectivity index (χ1v) is 5.14. The summed E-state index contributed by atoms with van der Waals surface area (Å²) in [4.78, 5) is 0. The maximum Gasteiger partial charge on any atom is 0.120 e. The molecule has 0 amide bonds. The number of hydrogen-bond donors (Lipinski definition) is 1. The number of rotatable bonds is 4. The lowest BCUT2D eigenvalue weighted by molar-refractivity contribution is 0.214. The van der Waals surface area contributed by atoms with Crippen molar-refractivity contribution >= 4 is 11.6 Å². The molecule has 0 spiro atoms. The second-order valence-corrected chi connectivity index (χ2v) is 3.82. The molecular weight excluding hydrogens is 198 g/mol. The number of nitrogens with two attached hydrogens (primary N) is 1. The zero-order valence-electron chi connectivity index (χ0n) is 8.59. The van der Waals surface area contributed by atoms with Crippen LogP contribution in [0.5, 0.6) is 5.75 Å². The molecule has 0 heterocycles. The van der Waals surface area contributed by atoms with E-state index in [-0.39, 0.29) is 6.10 Å². The van der Waals surface area contributed by atoms with Gasteiger partial charge in [0.25, 0.3) is 0 Å². The number of halogens is 1. The summed E-state index contributed by atoms with van der Waals surface area (Å²) >= 11 is 5.90. The van der Waals surface area contributed by atoms with Crippen molar-refractivity contribution in [2.24, 2.45) is 5.73 Å². The molecule has 1 unspecified atom stereocenters. The van der Waals surface area contributed by atoms with Crippen LogP contribution >= 0.6 is 11.6 Å². The molecule has 0 aliphatic rings. The van der Waals surface area contributed by atoms with E-state index in [2.05, 4.69) is 0 Å². The minimum absolute atomic E-state index is 0.153. The van der Waals surface area contributed by atoms with Gasteiger partial charge >= 0.3 is 0 Å². The fraction of sp³-hybridized carbons (Fsp3) is 0.455. The molecule has 0 radical (unpaired) electrons. The van der Waals surface area contributed by atoms with Crippen LogP contribution in [0.15, 0.2) is 18.2 Å². The second kappa shape index (κ2) is 5.23. The molecule has 14 heavy (non-hydrogen) atoms. The van der Waals surface area contributed by atoms with E-state index in [0.717, 1.165) is 22.8 Å². The predicted octanol–water partition coefficient (Wildman–Crippen LogP) is 2.76. The summed E-state index contributed by atoms with van der Waals surface area (Å²) in [6, 6.07) is 5.67. The van der Waals surface area contributed by atoms with Crippen LogP contribution in [0.2, 0.25) is 5.02 Å². The molecular formula is C11H16ClNO. The number of aryl methyl sites for hydroxylation is 1. The van der Waals surface area contributed by atoms with Crippen LogP contribution in [0.4, 0.5) is 0 Å². The molecule has 0 aliphatic heterocycles. The van der Waals surface area contributed by atoms with Gasteiger partial charge in [0.1, 0.15) is 5.75 Å². The fourth-order valence-electron chi connectivity index (χ4n) is 1.22. The van der Waals surface area contributed by atoms with Crippen molar-refractivity contribution in [1.29, 1.82) is 0 Å². The third-order valence-electron chi connectivity index (χ3n) is 2.04. The van der Waals surface area contributed by atoms with Crippen LogP contribution in [0.25, 0.3) is 0 Å². The third kappa shape index (κ3) is 3.20. The van der Waals surface area contributed by atoms with Crippen molar-refractivity contribution < 1.29 is 4.74 Å². The standard InChI is InChI=1S/C11H16ClNO/c1-8-7-10(3-4-11(8)12)14-9(2)5-6-13/h3-4,7,9H,5-6,13H2,1-2H3. The van der Waals surface area contributed by atoms with Gasteiger partial charge in [0, 0.05) is 5.02 Å². The van der Waals surface area contributed by atoms with Gasteiger partial charge < -0.3 is 10.5 Å². The molecule has 0 aromatic heterocycles. The first-order chi connectivity index (χ1) is 6.63. The summed E-state index contributed by atoms with van der Waals surface area (Å²) in [5.41, 5.74) is 6.47. The van der Waals surface area contributed by atoms with Crippen LogP contribution in [0.3, 0.4) is 0 Å². The van der Waals surface area contributed by atoms with Crippen molar-refractivity contribution in [2.75, 3.05) is 6.54 Å². The number of benzene rings is 1. The molecule has 2 N–H and O–H groups in total. The summed E-state index contributed by atoms with van der Waals surface area (Å²) in [5, 5.41) is 0.767. The Bertz CT molecular complexity index is 301. The van der Waals surface area contributed by atoms with E-state index in [0.29, 0.717) is 6.54 Å². The van der Waals surface area contributed by atoms with Crippen molar-refractivity contribution in [3.8, 4) is 5.75 Å². The minimum Gasteiger partial charge on any atom is -0.491 e. The molecule has 3 heteroatoms. The van der Waals surface area contributed by atoms with Gasteiger partial charge in [0.05, 0.1) is 6.10 Å². The normalized spacial score (nSPS) is 12.6. The maximum atomic E-state index is 5.90. The molecule has 0 fully saturated rings. The Kier molecular flexibility index (Phi) is 4.23. The number of hydrogen-bond acceptors (Lipinski definition) is 2. The summed E-state index contributed by atoms with van der Waals surface area (Å²) in [6.45, 7) is 4.62. The van der Waals surface area contributed by atoms with Crippen molar-refractivity contribution in [3.63, 3.8) is 0 Å². The van der Waals surface area contributed by atoms with E-state index in [1.165, 1.54) is 0 Å². The highest BCUT2D eigenvalue weighted by molar-refractivity contribution is 6.31.